The van der Waals surface area contributed by atoms with Crippen molar-refractivity contribution in [1.29, 1.82) is 0 Å². The molecule has 20 heavy (non-hydrogen) atoms. The Hall–Kier alpha value is -1.79. The summed E-state index contributed by atoms with van der Waals surface area (Å²) in [5.41, 5.74) is 6.99. The molecule has 106 valence electrons. The Morgan fingerprint density at radius 2 is 2.15 bits per heavy atom. The van der Waals surface area contributed by atoms with Crippen molar-refractivity contribution in [2.75, 3.05) is 13.2 Å². The predicted octanol–water partition coefficient (Wildman–Crippen LogP) is 2.32. The van der Waals surface area contributed by atoms with Crippen molar-refractivity contribution in [2.45, 2.75) is 19.9 Å². The lowest BCUT2D eigenvalue weighted by atomic mass is 10.1. The van der Waals surface area contributed by atoms with Crippen molar-refractivity contribution in [3.8, 4) is 22.9 Å². The van der Waals surface area contributed by atoms with E-state index in [1.54, 1.807) is 6.07 Å². The van der Waals surface area contributed by atoms with Crippen LogP contribution in [-0.4, -0.2) is 23.4 Å². The molecule has 0 saturated heterocycles. The fraction of sp³-hybridized carbons (Fsp3) is 0.385. The molecule has 1 aromatic carbocycles. The van der Waals surface area contributed by atoms with Crippen LogP contribution in [0, 0.1) is 6.92 Å². The Kier molecular flexibility index (Phi) is 3.50. The SMILES string of the molecule is Cc1c2c(cc(Cl)c1-c1noc(CN)n1)OCCCO2. The Labute approximate surface area is 120 Å². The number of nitrogens with zero attached hydrogens (tertiary/aromatic N) is 2. The molecule has 0 fully saturated rings. The van der Waals surface area contributed by atoms with Crippen LogP contribution in [0.3, 0.4) is 0 Å². The molecule has 0 atom stereocenters. The van der Waals surface area contributed by atoms with Gasteiger partial charge >= 0.3 is 0 Å². The van der Waals surface area contributed by atoms with Crippen LogP contribution in [0.4, 0.5) is 0 Å². The first kappa shape index (κ1) is 13.2. The Bertz CT molecular complexity index is 642. The highest BCUT2D eigenvalue weighted by Gasteiger charge is 2.22. The zero-order valence-corrected chi connectivity index (χ0v) is 11.7. The van der Waals surface area contributed by atoms with Crippen molar-refractivity contribution in [1.82, 2.24) is 10.1 Å². The number of fused-ring (bicyclic) bond motifs is 1. The molecule has 0 spiro atoms. The summed E-state index contributed by atoms with van der Waals surface area (Å²) < 4.78 is 16.4. The first-order valence-corrected chi connectivity index (χ1v) is 6.70. The Morgan fingerprint density at radius 3 is 2.90 bits per heavy atom. The summed E-state index contributed by atoms with van der Waals surface area (Å²) in [6, 6.07) is 1.73. The van der Waals surface area contributed by atoms with Gasteiger partial charge in [-0.25, -0.2) is 0 Å². The van der Waals surface area contributed by atoms with Gasteiger partial charge in [-0.2, -0.15) is 4.98 Å². The third kappa shape index (κ3) is 2.21. The van der Waals surface area contributed by atoms with Gasteiger partial charge in [0.1, 0.15) is 0 Å². The lowest BCUT2D eigenvalue weighted by molar-refractivity contribution is 0.296. The molecule has 0 unspecified atom stereocenters. The van der Waals surface area contributed by atoms with E-state index in [9.17, 15) is 0 Å². The van der Waals surface area contributed by atoms with E-state index in [1.165, 1.54) is 0 Å². The molecule has 1 aliphatic heterocycles. The molecular weight excluding hydrogens is 282 g/mol. The van der Waals surface area contributed by atoms with Crippen LogP contribution in [0.1, 0.15) is 17.9 Å². The van der Waals surface area contributed by atoms with Gasteiger partial charge < -0.3 is 19.7 Å². The average molecular weight is 296 g/mol. The molecule has 0 aliphatic carbocycles. The first-order chi connectivity index (χ1) is 9.70. The highest BCUT2D eigenvalue weighted by Crippen LogP contribution is 2.42. The van der Waals surface area contributed by atoms with Gasteiger partial charge in [0.25, 0.3) is 0 Å². The van der Waals surface area contributed by atoms with Crippen LogP contribution >= 0.6 is 11.6 Å². The predicted molar refractivity (Wildman–Crippen MR) is 73.0 cm³/mol. The second-order valence-corrected chi connectivity index (χ2v) is 4.86. The zero-order valence-electron chi connectivity index (χ0n) is 11.0. The number of halogens is 1. The van der Waals surface area contributed by atoms with Gasteiger partial charge in [0, 0.05) is 23.6 Å². The summed E-state index contributed by atoms with van der Waals surface area (Å²) in [7, 11) is 0. The number of hydrogen-bond acceptors (Lipinski definition) is 6. The smallest absolute Gasteiger partial charge is 0.240 e. The molecule has 2 aromatic rings. The van der Waals surface area contributed by atoms with Crippen LogP contribution in [0.25, 0.3) is 11.4 Å². The third-order valence-corrected chi connectivity index (χ3v) is 3.39. The molecule has 0 saturated carbocycles. The molecule has 0 amide bonds. The average Bonchev–Trinajstić information content (AvgIpc) is 2.77. The Morgan fingerprint density at radius 1 is 1.35 bits per heavy atom. The molecule has 2 heterocycles. The number of ether oxygens (including phenoxy) is 2. The third-order valence-electron chi connectivity index (χ3n) is 3.09. The molecule has 7 heteroatoms. The van der Waals surface area contributed by atoms with Crippen molar-refractivity contribution in [2.24, 2.45) is 5.73 Å². The highest BCUT2D eigenvalue weighted by molar-refractivity contribution is 6.33. The molecule has 1 aliphatic rings. The van der Waals surface area contributed by atoms with Crippen molar-refractivity contribution in [3.05, 3.63) is 22.5 Å². The van der Waals surface area contributed by atoms with Gasteiger partial charge in [0.2, 0.25) is 11.7 Å². The van der Waals surface area contributed by atoms with Gasteiger partial charge in [0.15, 0.2) is 11.5 Å². The normalized spacial score (nSPS) is 14.2. The number of aromatic nitrogens is 2. The van der Waals surface area contributed by atoms with E-state index in [-0.39, 0.29) is 6.54 Å². The molecule has 6 nitrogen and oxygen atoms in total. The van der Waals surface area contributed by atoms with E-state index >= 15 is 0 Å². The molecular formula is C13H14ClN3O3. The van der Waals surface area contributed by atoms with E-state index in [2.05, 4.69) is 10.1 Å². The maximum atomic E-state index is 6.32. The van der Waals surface area contributed by atoms with Crippen LogP contribution < -0.4 is 15.2 Å². The molecule has 1 aromatic heterocycles. The summed E-state index contributed by atoms with van der Waals surface area (Å²) in [5.74, 6) is 2.10. The van der Waals surface area contributed by atoms with Gasteiger partial charge in [-0.1, -0.05) is 16.8 Å². The topological polar surface area (TPSA) is 83.4 Å². The molecule has 0 radical (unpaired) electrons. The van der Waals surface area contributed by atoms with E-state index in [0.717, 1.165) is 12.0 Å². The lowest BCUT2D eigenvalue weighted by Gasteiger charge is -2.14. The maximum Gasteiger partial charge on any atom is 0.240 e. The number of nitrogens with two attached hydrogens (primary N) is 1. The van der Waals surface area contributed by atoms with Crippen LogP contribution in [0.15, 0.2) is 10.6 Å². The second-order valence-electron chi connectivity index (χ2n) is 4.45. The summed E-state index contributed by atoms with van der Waals surface area (Å²) in [5, 5.41) is 4.40. The van der Waals surface area contributed by atoms with Gasteiger partial charge in [-0.05, 0) is 6.92 Å². The lowest BCUT2D eigenvalue weighted by Crippen LogP contribution is -1.99. The highest BCUT2D eigenvalue weighted by atomic mass is 35.5. The van der Waals surface area contributed by atoms with Crippen molar-refractivity contribution in [3.63, 3.8) is 0 Å². The fourth-order valence-corrected chi connectivity index (χ4v) is 2.47. The minimum atomic E-state index is 0.189. The van der Waals surface area contributed by atoms with Crippen LogP contribution in [0.2, 0.25) is 5.02 Å². The first-order valence-electron chi connectivity index (χ1n) is 6.32. The van der Waals surface area contributed by atoms with E-state index in [4.69, 9.17) is 31.3 Å². The summed E-state index contributed by atoms with van der Waals surface area (Å²) in [6.07, 6.45) is 0.834. The molecule has 3 rings (SSSR count). The number of benzene rings is 1. The Balaban J connectivity index is 2.13. The summed E-state index contributed by atoms with van der Waals surface area (Å²) in [4.78, 5) is 4.21. The largest absolute Gasteiger partial charge is 0.489 e. The monoisotopic (exact) mass is 295 g/mol. The van der Waals surface area contributed by atoms with E-state index < -0.39 is 0 Å². The van der Waals surface area contributed by atoms with E-state index in [1.807, 2.05) is 6.92 Å². The molecule has 0 bridgehead atoms. The van der Waals surface area contributed by atoms with Gasteiger partial charge in [-0.15, -0.1) is 0 Å². The second kappa shape index (κ2) is 5.30. The van der Waals surface area contributed by atoms with Crippen LogP contribution in [-0.2, 0) is 6.54 Å². The quantitative estimate of drug-likeness (QED) is 0.915. The molecule has 2 N–H and O–H groups in total. The van der Waals surface area contributed by atoms with Gasteiger partial charge in [0.05, 0.1) is 24.8 Å². The standard InChI is InChI=1S/C13H14ClN3O3/c1-7-11(13-16-10(6-15)20-17-13)8(14)5-9-12(7)19-4-2-3-18-9/h5H,2-4,6,15H2,1H3. The summed E-state index contributed by atoms with van der Waals surface area (Å²) in [6.45, 7) is 3.30. The minimum absolute atomic E-state index is 0.189. The number of hydrogen-bond donors (Lipinski definition) is 1. The van der Waals surface area contributed by atoms with Crippen molar-refractivity contribution >= 4 is 11.6 Å². The van der Waals surface area contributed by atoms with Gasteiger partial charge in [-0.3, -0.25) is 0 Å². The van der Waals surface area contributed by atoms with Crippen molar-refractivity contribution < 1.29 is 14.0 Å². The number of rotatable bonds is 2. The zero-order chi connectivity index (χ0) is 14.1. The summed E-state index contributed by atoms with van der Waals surface area (Å²) >= 11 is 6.32. The maximum absolute atomic E-state index is 6.32. The fourth-order valence-electron chi connectivity index (χ4n) is 2.15. The minimum Gasteiger partial charge on any atom is -0.489 e. The van der Waals surface area contributed by atoms with E-state index in [0.29, 0.717) is 47.0 Å². The van der Waals surface area contributed by atoms with Crippen LogP contribution in [0.5, 0.6) is 11.5 Å².